The fourth-order valence-corrected chi connectivity index (χ4v) is 2.76. The molecule has 2 amide bonds. The fourth-order valence-electron chi connectivity index (χ4n) is 2.76. The molecule has 2 aromatic rings. The van der Waals surface area contributed by atoms with Gasteiger partial charge in [0.15, 0.2) is 6.61 Å². The molecular weight excluding hydrogens is 373 g/mol. The molecule has 2 N–H and O–H groups in total. The molecule has 154 valence electrons. The van der Waals surface area contributed by atoms with Crippen LogP contribution in [0.5, 0.6) is 0 Å². The van der Waals surface area contributed by atoms with Crippen LogP contribution in [0, 0.1) is 11.7 Å². The van der Waals surface area contributed by atoms with E-state index in [4.69, 9.17) is 4.84 Å². The van der Waals surface area contributed by atoms with Crippen LogP contribution in [0.15, 0.2) is 53.7 Å². The van der Waals surface area contributed by atoms with Crippen molar-refractivity contribution in [2.24, 2.45) is 11.1 Å². The number of benzene rings is 2. The topological polar surface area (TPSA) is 79.8 Å². The molecule has 0 aliphatic carbocycles. The largest absolute Gasteiger partial charge is 0.385 e. The minimum absolute atomic E-state index is 0.122. The van der Waals surface area contributed by atoms with Crippen LogP contribution in [-0.2, 0) is 14.4 Å². The van der Waals surface area contributed by atoms with Crippen molar-refractivity contribution >= 4 is 23.2 Å². The lowest BCUT2D eigenvalue weighted by molar-refractivity contribution is -0.126. The van der Waals surface area contributed by atoms with E-state index < -0.39 is 0 Å². The number of carbonyl (C=O) groups excluding carboxylic acids is 2. The molecule has 0 aliphatic rings. The van der Waals surface area contributed by atoms with Gasteiger partial charge in [-0.15, -0.1) is 0 Å². The summed E-state index contributed by atoms with van der Waals surface area (Å²) in [6.45, 7) is 6.93. The Balaban J connectivity index is 1.91. The highest BCUT2D eigenvalue weighted by Gasteiger charge is 2.18. The molecule has 2 rings (SSSR count). The van der Waals surface area contributed by atoms with E-state index >= 15 is 0 Å². The van der Waals surface area contributed by atoms with Gasteiger partial charge in [-0.1, -0.05) is 43.3 Å². The molecular formula is C22H26FN3O3. The van der Waals surface area contributed by atoms with Crippen LogP contribution < -0.4 is 10.6 Å². The maximum atomic E-state index is 13.1. The number of nitrogens with one attached hydrogen (secondary N) is 2. The van der Waals surface area contributed by atoms with E-state index in [-0.39, 0.29) is 36.2 Å². The lowest BCUT2D eigenvalue weighted by atomic mass is 9.96. The minimum Gasteiger partial charge on any atom is -0.385 e. The normalized spacial score (nSPS) is 12.4. The molecule has 29 heavy (non-hydrogen) atoms. The number of carbonyl (C=O) groups is 2. The molecule has 1 unspecified atom stereocenters. The maximum Gasteiger partial charge on any atom is 0.261 e. The first-order chi connectivity index (χ1) is 13.8. The second-order valence-corrected chi connectivity index (χ2v) is 7.05. The summed E-state index contributed by atoms with van der Waals surface area (Å²) in [6.07, 6.45) is 0. The summed E-state index contributed by atoms with van der Waals surface area (Å²) in [5.41, 5.74) is 2.93. The van der Waals surface area contributed by atoms with Crippen molar-refractivity contribution in [1.29, 1.82) is 0 Å². The van der Waals surface area contributed by atoms with E-state index in [1.165, 1.54) is 19.1 Å². The van der Waals surface area contributed by atoms with Gasteiger partial charge in [-0.25, -0.2) is 4.39 Å². The Kier molecular flexibility index (Phi) is 7.88. The summed E-state index contributed by atoms with van der Waals surface area (Å²) in [7, 11) is 0. The molecule has 0 radical (unpaired) electrons. The van der Waals surface area contributed by atoms with Gasteiger partial charge in [0.05, 0.1) is 11.8 Å². The highest BCUT2D eigenvalue weighted by atomic mass is 19.1. The van der Waals surface area contributed by atoms with Gasteiger partial charge in [0.2, 0.25) is 5.91 Å². The van der Waals surface area contributed by atoms with Crippen LogP contribution in [0.1, 0.15) is 44.9 Å². The van der Waals surface area contributed by atoms with Gasteiger partial charge in [-0.2, -0.15) is 0 Å². The number of hydrogen-bond donors (Lipinski definition) is 2. The van der Waals surface area contributed by atoms with Crippen LogP contribution in [0.2, 0.25) is 0 Å². The second-order valence-electron chi connectivity index (χ2n) is 7.05. The van der Waals surface area contributed by atoms with Gasteiger partial charge in [-0.05, 0) is 48.2 Å². The van der Waals surface area contributed by atoms with E-state index in [9.17, 15) is 14.0 Å². The third kappa shape index (κ3) is 7.03. The average molecular weight is 399 g/mol. The molecule has 7 heteroatoms. The number of rotatable bonds is 8. The highest BCUT2D eigenvalue weighted by Crippen LogP contribution is 2.21. The summed E-state index contributed by atoms with van der Waals surface area (Å²) < 4.78 is 13.1. The van der Waals surface area contributed by atoms with Crippen LogP contribution in [-0.4, -0.2) is 24.1 Å². The number of amides is 2. The monoisotopic (exact) mass is 399 g/mol. The quantitative estimate of drug-likeness (QED) is 0.519. The Morgan fingerprint density at radius 1 is 1.03 bits per heavy atom. The van der Waals surface area contributed by atoms with Crippen LogP contribution in [0.25, 0.3) is 0 Å². The van der Waals surface area contributed by atoms with Gasteiger partial charge in [-0.3, -0.25) is 9.59 Å². The Morgan fingerprint density at radius 2 is 1.66 bits per heavy atom. The van der Waals surface area contributed by atoms with Crippen molar-refractivity contribution < 1.29 is 18.8 Å². The Bertz CT molecular complexity index is 862. The van der Waals surface area contributed by atoms with E-state index in [2.05, 4.69) is 15.8 Å². The molecule has 0 heterocycles. The maximum absolute atomic E-state index is 13.1. The molecule has 0 spiro atoms. The molecule has 0 aliphatic heterocycles. The van der Waals surface area contributed by atoms with Crippen LogP contribution >= 0.6 is 0 Å². The number of oxime groups is 1. The van der Waals surface area contributed by atoms with E-state index in [0.717, 1.165) is 11.1 Å². The first-order valence-corrected chi connectivity index (χ1v) is 9.35. The van der Waals surface area contributed by atoms with E-state index in [1.54, 1.807) is 43.3 Å². The minimum atomic E-state index is -0.319. The molecule has 0 aromatic heterocycles. The molecule has 1 atom stereocenters. The first kappa shape index (κ1) is 22.1. The Hall–Kier alpha value is -3.22. The van der Waals surface area contributed by atoms with Gasteiger partial charge in [0, 0.05) is 12.6 Å². The number of nitrogens with zero attached hydrogens (tertiary/aromatic N) is 1. The molecule has 0 saturated heterocycles. The molecule has 0 fully saturated rings. The molecule has 0 bridgehead atoms. The Morgan fingerprint density at radius 3 is 2.21 bits per heavy atom. The standard InChI is InChI=1S/C22H26FN3O3/c1-14(2)22(18-5-9-19(23)10-6-18)25-21(28)13-29-26-15(3)17-7-11-20(12-8-17)24-16(4)27/h5-12,14,22H,13H2,1-4H3,(H,24,27)(H,25,28)/b26-15+. The Labute approximate surface area is 170 Å². The van der Waals surface area contributed by atoms with E-state index in [1.807, 2.05) is 13.8 Å². The van der Waals surface area contributed by atoms with Crippen LogP contribution in [0.3, 0.4) is 0 Å². The zero-order valence-corrected chi connectivity index (χ0v) is 17.0. The lowest BCUT2D eigenvalue weighted by Crippen LogP contribution is -2.34. The van der Waals surface area contributed by atoms with Crippen LogP contribution in [0.4, 0.5) is 10.1 Å². The third-order valence-electron chi connectivity index (χ3n) is 4.23. The van der Waals surface area contributed by atoms with Crippen molar-refractivity contribution in [3.05, 3.63) is 65.5 Å². The first-order valence-electron chi connectivity index (χ1n) is 9.35. The van der Waals surface area contributed by atoms with Crippen molar-refractivity contribution in [2.45, 2.75) is 33.7 Å². The summed E-state index contributed by atoms with van der Waals surface area (Å²) in [5.74, 6) is -0.652. The van der Waals surface area contributed by atoms with Crippen molar-refractivity contribution in [1.82, 2.24) is 5.32 Å². The molecule has 2 aromatic carbocycles. The molecule has 6 nitrogen and oxygen atoms in total. The zero-order valence-electron chi connectivity index (χ0n) is 17.0. The van der Waals surface area contributed by atoms with Gasteiger partial charge < -0.3 is 15.5 Å². The predicted octanol–water partition coefficient (Wildman–Crippen LogP) is 4.04. The van der Waals surface area contributed by atoms with Crippen molar-refractivity contribution in [3.63, 3.8) is 0 Å². The van der Waals surface area contributed by atoms with Gasteiger partial charge in [0.25, 0.3) is 5.91 Å². The highest BCUT2D eigenvalue weighted by molar-refractivity contribution is 5.99. The van der Waals surface area contributed by atoms with Crippen molar-refractivity contribution in [2.75, 3.05) is 11.9 Å². The summed E-state index contributed by atoms with van der Waals surface area (Å²) >= 11 is 0. The second kappa shape index (κ2) is 10.4. The predicted molar refractivity (Wildman–Crippen MR) is 111 cm³/mol. The smallest absolute Gasteiger partial charge is 0.261 e. The fraction of sp³-hybridized carbons (Fsp3) is 0.318. The SMILES string of the molecule is CC(=O)Nc1ccc(/C(C)=N/OCC(=O)NC(c2ccc(F)cc2)C(C)C)cc1. The number of hydrogen-bond acceptors (Lipinski definition) is 4. The summed E-state index contributed by atoms with van der Waals surface area (Å²) in [6, 6.07) is 12.9. The number of halogens is 1. The number of anilines is 1. The lowest BCUT2D eigenvalue weighted by Gasteiger charge is -2.22. The zero-order chi connectivity index (χ0) is 21.4. The van der Waals surface area contributed by atoms with Crippen molar-refractivity contribution in [3.8, 4) is 0 Å². The third-order valence-corrected chi connectivity index (χ3v) is 4.23. The summed E-state index contributed by atoms with van der Waals surface area (Å²) in [5, 5.41) is 9.56. The average Bonchev–Trinajstić information content (AvgIpc) is 2.67. The molecule has 0 saturated carbocycles. The van der Waals surface area contributed by atoms with Gasteiger partial charge >= 0.3 is 0 Å². The van der Waals surface area contributed by atoms with E-state index in [0.29, 0.717) is 11.4 Å². The summed E-state index contributed by atoms with van der Waals surface area (Å²) in [4.78, 5) is 28.5. The van der Waals surface area contributed by atoms with Gasteiger partial charge in [0.1, 0.15) is 5.82 Å².